The molecule has 76 valence electrons. The summed E-state index contributed by atoms with van der Waals surface area (Å²) in [5.74, 6) is -0.321. The number of hydrogen-bond acceptors (Lipinski definition) is 4. The molecule has 0 spiro atoms. The van der Waals surface area contributed by atoms with Crippen LogP contribution < -0.4 is 10.6 Å². The minimum Gasteiger partial charge on any atom is -0.394 e. The molecule has 0 aromatic carbocycles. The van der Waals surface area contributed by atoms with Gasteiger partial charge in [-0.05, 0) is 12.1 Å². The number of likely N-dealkylation sites (N-methyl/N-ethyl adjacent to an activating group) is 1. The molecule has 5 heteroatoms. The fraction of sp³-hybridized carbons (Fsp3) is 0.333. The van der Waals surface area contributed by atoms with Gasteiger partial charge in [-0.15, -0.1) is 0 Å². The molecule has 0 aliphatic carbocycles. The van der Waals surface area contributed by atoms with E-state index in [4.69, 9.17) is 10.8 Å². The lowest BCUT2D eigenvalue weighted by molar-refractivity contribution is -0.120. The standard InChI is InChI=1S/C9H13N3O2/c1-12(9(14)8(10)6-13)7-2-4-11-5-3-7/h2-5,8,13H,6,10H2,1H3. The molecule has 1 aromatic heterocycles. The molecule has 0 bridgehead atoms. The third kappa shape index (κ3) is 2.27. The summed E-state index contributed by atoms with van der Waals surface area (Å²) in [4.78, 5) is 16.7. The van der Waals surface area contributed by atoms with Gasteiger partial charge in [0.05, 0.1) is 6.61 Å². The van der Waals surface area contributed by atoms with E-state index in [2.05, 4.69) is 4.98 Å². The van der Waals surface area contributed by atoms with Crippen molar-refractivity contribution in [3.8, 4) is 0 Å². The Hall–Kier alpha value is -1.46. The summed E-state index contributed by atoms with van der Waals surface area (Å²) in [7, 11) is 1.60. The molecular formula is C9H13N3O2. The Morgan fingerprint density at radius 3 is 2.71 bits per heavy atom. The van der Waals surface area contributed by atoms with Crippen molar-refractivity contribution in [3.05, 3.63) is 24.5 Å². The Bertz CT molecular complexity index is 302. The van der Waals surface area contributed by atoms with E-state index in [1.165, 1.54) is 4.90 Å². The zero-order valence-electron chi connectivity index (χ0n) is 7.92. The summed E-state index contributed by atoms with van der Waals surface area (Å²) in [5.41, 5.74) is 6.10. The number of carbonyl (C=O) groups excluding carboxylic acids is 1. The van der Waals surface area contributed by atoms with E-state index in [9.17, 15) is 4.79 Å². The van der Waals surface area contributed by atoms with Gasteiger partial charge in [0.15, 0.2) is 0 Å². The van der Waals surface area contributed by atoms with Gasteiger partial charge in [-0.25, -0.2) is 0 Å². The zero-order valence-corrected chi connectivity index (χ0v) is 7.92. The number of rotatable bonds is 3. The highest BCUT2D eigenvalue weighted by Gasteiger charge is 2.17. The predicted molar refractivity (Wildman–Crippen MR) is 52.7 cm³/mol. The van der Waals surface area contributed by atoms with E-state index in [-0.39, 0.29) is 12.5 Å². The second kappa shape index (κ2) is 4.69. The van der Waals surface area contributed by atoms with Crippen LogP contribution in [0.5, 0.6) is 0 Å². The number of amides is 1. The first-order valence-electron chi connectivity index (χ1n) is 4.21. The molecule has 1 aromatic rings. The number of nitrogens with zero attached hydrogens (tertiary/aromatic N) is 2. The Kier molecular flexibility index (Phi) is 3.55. The maximum Gasteiger partial charge on any atom is 0.246 e. The van der Waals surface area contributed by atoms with Crippen molar-refractivity contribution in [2.75, 3.05) is 18.6 Å². The van der Waals surface area contributed by atoms with Crippen molar-refractivity contribution in [2.24, 2.45) is 5.73 Å². The minimum absolute atomic E-state index is 0.321. The van der Waals surface area contributed by atoms with Gasteiger partial charge >= 0.3 is 0 Å². The van der Waals surface area contributed by atoms with Crippen LogP contribution in [0.2, 0.25) is 0 Å². The van der Waals surface area contributed by atoms with Crippen molar-refractivity contribution >= 4 is 11.6 Å². The second-order valence-corrected chi connectivity index (χ2v) is 2.89. The number of pyridine rings is 1. The van der Waals surface area contributed by atoms with Crippen molar-refractivity contribution in [1.29, 1.82) is 0 Å². The van der Waals surface area contributed by atoms with Crippen LogP contribution in [0.3, 0.4) is 0 Å². The molecule has 1 atom stereocenters. The number of aliphatic hydroxyl groups is 1. The largest absolute Gasteiger partial charge is 0.394 e. The van der Waals surface area contributed by atoms with E-state index in [0.717, 1.165) is 0 Å². The lowest BCUT2D eigenvalue weighted by Crippen LogP contribution is -2.44. The number of aliphatic hydroxyl groups excluding tert-OH is 1. The van der Waals surface area contributed by atoms with Crippen LogP contribution in [0, 0.1) is 0 Å². The number of carbonyl (C=O) groups is 1. The van der Waals surface area contributed by atoms with Crippen LogP contribution in [0.4, 0.5) is 5.69 Å². The Balaban J connectivity index is 2.76. The van der Waals surface area contributed by atoms with Crippen molar-refractivity contribution in [1.82, 2.24) is 4.98 Å². The first kappa shape index (κ1) is 10.6. The molecule has 3 N–H and O–H groups in total. The molecule has 0 radical (unpaired) electrons. The van der Waals surface area contributed by atoms with Crippen molar-refractivity contribution in [3.63, 3.8) is 0 Å². The van der Waals surface area contributed by atoms with E-state index < -0.39 is 6.04 Å². The summed E-state index contributed by atoms with van der Waals surface area (Å²) >= 11 is 0. The molecule has 0 aliphatic heterocycles. The number of aromatic nitrogens is 1. The van der Waals surface area contributed by atoms with Gasteiger partial charge in [0.1, 0.15) is 6.04 Å². The molecule has 1 unspecified atom stereocenters. The summed E-state index contributed by atoms with van der Waals surface area (Å²) in [5, 5.41) is 8.72. The normalized spacial score (nSPS) is 12.2. The van der Waals surface area contributed by atoms with Crippen LogP contribution in [0.15, 0.2) is 24.5 Å². The minimum atomic E-state index is -0.867. The van der Waals surface area contributed by atoms with Gasteiger partial charge < -0.3 is 15.7 Å². The lowest BCUT2D eigenvalue weighted by Gasteiger charge is -2.19. The second-order valence-electron chi connectivity index (χ2n) is 2.89. The summed E-state index contributed by atoms with van der Waals surface area (Å²) in [6.07, 6.45) is 3.17. The van der Waals surface area contributed by atoms with E-state index >= 15 is 0 Å². The predicted octanol–water partition coefficient (Wildman–Crippen LogP) is -0.636. The van der Waals surface area contributed by atoms with E-state index in [0.29, 0.717) is 5.69 Å². The summed E-state index contributed by atoms with van der Waals surface area (Å²) in [6.45, 7) is -0.353. The molecule has 0 fully saturated rings. The van der Waals surface area contributed by atoms with Gasteiger partial charge in [0, 0.05) is 25.1 Å². The Morgan fingerprint density at radius 2 is 2.21 bits per heavy atom. The maximum absolute atomic E-state index is 11.5. The van der Waals surface area contributed by atoms with Crippen LogP contribution in [-0.2, 0) is 4.79 Å². The Labute approximate surface area is 82.2 Å². The first-order chi connectivity index (χ1) is 6.66. The van der Waals surface area contributed by atoms with Gasteiger partial charge in [-0.3, -0.25) is 9.78 Å². The molecule has 0 saturated carbocycles. The maximum atomic E-state index is 11.5. The highest BCUT2D eigenvalue weighted by Crippen LogP contribution is 2.10. The van der Waals surface area contributed by atoms with Crippen LogP contribution in [0.25, 0.3) is 0 Å². The zero-order chi connectivity index (χ0) is 10.6. The van der Waals surface area contributed by atoms with E-state index in [1.807, 2.05) is 0 Å². The summed E-state index contributed by atoms with van der Waals surface area (Å²) < 4.78 is 0. The topological polar surface area (TPSA) is 79.5 Å². The van der Waals surface area contributed by atoms with Gasteiger partial charge in [0.25, 0.3) is 0 Å². The summed E-state index contributed by atoms with van der Waals surface area (Å²) in [6, 6.07) is 2.53. The highest BCUT2D eigenvalue weighted by molar-refractivity contribution is 5.96. The van der Waals surface area contributed by atoms with Gasteiger partial charge in [0.2, 0.25) is 5.91 Å². The molecule has 0 aliphatic rings. The van der Waals surface area contributed by atoms with Crippen LogP contribution in [-0.4, -0.2) is 35.7 Å². The van der Waals surface area contributed by atoms with Crippen molar-refractivity contribution in [2.45, 2.75) is 6.04 Å². The molecular weight excluding hydrogens is 182 g/mol. The number of nitrogens with two attached hydrogens (primary N) is 1. The average Bonchev–Trinajstić information content (AvgIpc) is 2.27. The molecule has 1 rings (SSSR count). The Morgan fingerprint density at radius 1 is 1.64 bits per heavy atom. The monoisotopic (exact) mass is 195 g/mol. The van der Waals surface area contributed by atoms with E-state index in [1.54, 1.807) is 31.6 Å². The number of hydrogen-bond donors (Lipinski definition) is 2. The molecule has 5 nitrogen and oxygen atoms in total. The highest BCUT2D eigenvalue weighted by atomic mass is 16.3. The molecule has 0 saturated heterocycles. The van der Waals surface area contributed by atoms with Crippen LogP contribution >= 0.6 is 0 Å². The smallest absolute Gasteiger partial charge is 0.246 e. The fourth-order valence-corrected chi connectivity index (χ4v) is 1.02. The van der Waals surface area contributed by atoms with Crippen molar-refractivity contribution < 1.29 is 9.90 Å². The number of anilines is 1. The molecule has 14 heavy (non-hydrogen) atoms. The van der Waals surface area contributed by atoms with Gasteiger partial charge in [-0.2, -0.15) is 0 Å². The molecule has 1 amide bonds. The third-order valence-electron chi connectivity index (χ3n) is 1.89. The lowest BCUT2D eigenvalue weighted by atomic mass is 10.2. The fourth-order valence-electron chi connectivity index (χ4n) is 1.02. The quantitative estimate of drug-likeness (QED) is 0.672. The average molecular weight is 195 g/mol. The SMILES string of the molecule is CN(C(=O)C(N)CO)c1ccncc1. The van der Waals surface area contributed by atoms with Gasteiger partial charge in [-0.1, -0.05) is 0 Å². The molecule has 1 heterocycles. The third-order valence-corrected chi connectivity index (χ3v) is 1.89. The van der Waals surface area contributed by atoms with Crippen LogP contribution in [0.1, 0.15) is 0 Å². The first-order valence-corrected chi connectivity index (χ1v) is 4.21.